The number of anilines is 1. The molecule has 0 saturated carbocycles. The molecule has 0 radical (unpaired) electrons. The lowest BCUT2D eigenvalue weighted by molar-refractivity contribution is 0.587. The van der Waals surface area contributed by atoms with E-state index in [2.05, 4.69) is 10.1 Å². The van der Waals surface area contributed by atoms with E-state index < -0.39 is 15.1 Å². The highest BCUT2D eigenvalue weighted by Crippen LogP contribution is 2.22. The number of allylic oxidation sites excluding steroid dienone is 1. The van der Waals surface area contributed by atoms with Crippen molar-refractivity contribution in [2.45, 2.75) is 30.9 Å². The predicted octanol–water partition coefficient (Wildman–Crippen LogP) is 2.77. The lowest BCUT2D eigenvalue weighted by atomic mass is 10.0. The highest BCUT2D eigenvalue weighted by molar-refractivity contribution is 7.92. The van der Waals surface area contributed by atoms with Crippen molar-refractivity contribution >= 4 is 21.2 Å². The molecule has 0 bridgehead atoms. The minimum atomic E-state index is -3.25. The first-order valence-corrected chi connectivity index (χ1v) is 9.66. The van der Waals surface area contributed by atoms with E-state index in [1.54, 1.807) is 36.9 Å². The van der Waals surface area contributed by atoms with Crippen molar-refractivity contribution in [2.24, 2.45) is 12.0 Å². The molecule has 0 spiro atoms. The third-order valence-electron chi connectivity index (χ3n) is 4.20. The molecule has 1 aliphatic heterocycles. The van der Waals surface area contributed by atoms with Gasteiger partial charge in [0, 0.05) is 25.0 Å². The molecule has 3 rings (SSSR count). The smallest absolute Gasteiger partial charge is 0.180 e. The molecule has 6 nitrogen and oxygen atoms in total. The number of aryl methyl sites for hydroxylation is 1. The summed E-state index contributed by atoms with van der Waals surface area (Å²) in [4.78, 5) is 7.04. The van der Waals surface area contributed by atoms with Crippen LogP contribution in [0.4, 0.5) is 5.69 Å². The Morgan fingerprint density at radius 3 is 2.36 bits per heavy atom. The first-order chi connectivity index (χ1) is 11.8. The van der Waals surface area contributed by atoms with Crippen LogP contribution in [-0.4, -0.2) is 35.8 Å². The molecule has 2 heterocycles. The topological polar surface area (TPSA) is 67.6 Å². The molecular weight excluding hydrogens is 336 g/mol. The van der Waals surface area contributed by atoms with Crippen molar-refractivity contribution in [1.82, 2.24) is 9.78 Å². The standard InChI is InChI=1S/C18H22N4O2S/c1-13(2)25(23,24)17-7-5-15(6-8-17)18-14(3)10-22(12-19-18)16-9-20-21(4)11-16/h5-11,13H,12H2,1-4H3. The maximum absolute atomic E-state index is 12.2. The first-order valence-electron chi connectivity index (χ1n) is 8.12. The summed E-state index contributed by atoms with van der Waals surface area (Å²) in [6, 6.07) is 6.97. The van der Waals surface area contributed by atoms with Crippen molar-refractivity contribution in [1.29, 1.82) is 0 Å². The first kappa shape index (κ1) is 17.4. The summed E-state index contributed by atoms with van der Waals surface area (Å²) in [5, 5.41) is 3.75. The molecule has 7 heteroatoms. The van der Waals surface area contributed by atoms with Gasteiger partial charge in [-0.3, -0.25) is 9.67 Å². The molecule has 0 amide bonds. The number of hydrogen-bond donors (Lipinski definition) is 0. The molecule has 132 valence electrons. The Balaban J connectivity index is 1.84. The summed E-state index contributed by atoms with van der Waals surface area (Å²) >= 11 is 0. The molecule has 1 aromatic heterocycles. The second kappa shape index (κ2) is 6.48. The van der Waals surface area contributed by atoms with Crippen LogP contribution in [0, 0.1) is 0 Å². The quantitative estimate of drug-likeness (QED) is 0.843. The van der Waals surface area contributed by atoms with E-state index in [9.17, 15) is 8.42 Å². The van der Waals surface area contributed by atoms with E-state index in [0.717, 1.165) is 22.5 Å². The third kappa shape index (κ3) is 3.37. The second-order valence-corrected chi connectivity index (χ2v) is 8.92. The summed E-state index contributed by atoms with van der Waals surface area (Å²) in [5.41, 5.74) is 3.81. The van der Waals surface area contributed by atoms with Gasteiger partial charge in [0.2, 0.25) is 0 Å². The number of sulfone groups is 1. The molecule has 0 saturated heterocycles. The van der Waals surface area contributed by atoms with Crippen molar-refractivity contribution in [3.05, 3.63) is 54.0 Å². The second-order valence-electron chi connectivity index (χ2n) is 6.42. The van der Waals surface area contributed by atoms with Crippen LogP contribution in [0.25, 0.3) is 0 Å². The van der Waals surface area contributed by atoms with Crippen molar-refractivity contribution in [3.8, 4) is 0 Å². The molecule has 1 aromatic carbocycles. The van der Waals surface area contributed by atoms with Gasteiger partial charge in [0.05, 0.1) is 27.7 Å². The van der Waals surface area contributed by atoms with Crippen molar-refractivity contribution in [2.75, 3.05) is 11.6 Å². The van der Waals surface area contributed by atoms with Crippen molar-refractivity contribution in [3.63, 3.8) is 0 Å². The largest absolute Gasteiger partial charge is 0.325 e. The van der Waals surface area contributed by atoms with Crippen molar-refractivity contribution < 1.29 is 8.42 Å². The number of rotatable bonds is 4. The van der Waals surface area contributed by atoms with E-state index >= 15 is 0 Å². The van der Waals surface area contributed by atoms with Gasteiger partial charge in [-0.2, -0.15) is 5.10 Å². The van der Waals surface area contributed by atoms with Gasteiger partial charge in [0.25, 0.3) is 0 Å². The summed E-state index contributed by atoms with van der Waals surface area (Å²) < 4.78 is 26.2. The van der Waals surface area contributed by atoms with Crippen LogP contribution < -0.4 is 4.90 Å². The number of aliphatic imine (C=N–C) groups is 1. The highest BCUT2D eigenvalue weighted by atomic mass is 32.2. The van der Waals surface area contributed by atoms with Gasteiger partial charge in [0.1, 0.15) is 6.67 Å². The third-order valence-corrected chi connectivity index (χ3v) is 6.37. The maximum atomic E-state index is 12.2. The summed E-state index contributed by atoms with van der Waals surface area (Å²) in [5.74, 6) is 0. The average Bonchev–Trinajstić information content (AvgIpc) is 3.01. The minimum absolute atomic E-state index is 0.348. The predicted molar refractivity (Wildman–Crippen MR) is 99.6 cm³/mol. The Kier molecular flexibility index (Phi) is 4.51. The lowest BCUT2D eigenvalue weighted by Crippen LogP contribution is -2.24. The number of aromatic nitrogens is 2. The van der Waals surface area contributed by atoms with Crippen LogP contribution in [0.1, 0.15) is 26.3 Å². The number of benzene rings is 1. The van der Waals surface area contributed by atoms with E-state index in [1.807, 2.05) is 43.4 Å². The number of nitrogens with zero attached hydrogens (tertiary/aromatic N) is 4. The van der Waals surface area contributed by atoms with E-state index in [0.29, 0.717) is 11.6 Å². The summed E-state index contributed by atoms with van der Waals surface area (Å²) in [6.45, 7) is 5.88. The van der Waals surface area contributed by atoms with E-state index in [-0.39, 0.29) is 0 Å². The zero-order valence-electron chi connectivity index (χ0n) is 14.8. The van der Waals surface area contributed by atoms with Gasteiger partial charge < -0.3 is 4.90 Å². The lowest BCUT2D eigenvalue weighted by Gasteiger charge is -2.23. The normalized spacial score (nSPS) is 15.3. The molecular formula is C18H22N4O2S. The van der Waals surface area contributed by atoms with E-state index in [1.165, 1.54) is 0 Å². The zero-order valence-corrected chi connectivity index (χ0v) is 15.7. The SMILES string of the molecule is CC1=CN(c2cnn(C)c2)CN=C1c1ccc(S(=O)(=O)C(C)C)cc1. The fourth-order valence-electron chi connectivity index (χ4n) is 2.71. The molecule has 0 atom stereocenters. The zero-order chi connectivity index (χ0) is 18.2. The molecule has 1 aliphatic rings. The Morgan fingerprint density at radius 2 is 1.84 bits per heavy atom. The van der Waals surface area contributed by atoms with Gasteiger partial charge in [-0.05, 0) is 38.5 Å². The summed E-state index contributed by atoms with van der Waals surface area (Å²) in [6.07, 6.45) is 5.78. The van der Waals surface area contributed by atoms with Crippen LogP contribution in [0.15, 0.2) is 58.3 Å². The fraction of sp³-hybridized carbons (Fsp3) is 0.333. The van der Waals surface area contributed by atoms with Crippen LogP contribution in [0.5, 0.6) is 0 Å². The van der Waals surface area contributed by atoms with Gasteiger partial charge in [-0.1, -0.05) is 12.1 Å². The highest BCUT2D eigenvalue weighted by Gasteiger charge is 2.20. The summed E-state index contributed by atoms with van der Waals surface area (Å²) in [7, 11) is -1.37. The van der Waals surface area contributed by atoms with Crippen LogP contribution in [-0.2, 0) is 16.9 Å². The molecule has 25 heavy (non-hydrogen) atoms. The van der Waals surface area contributed by atoms with Gasteiger partial charge in [-0.15, -0.1) is 0 Å². The number of hydrogen-bond acceptors (Lipinski definition) is 5. The van der Waals surface area contributed by atoms with Crippen LogP contribution >= 0.6 is 0 Å². The molecule has 2 aromatic rings. The Hall–Kier alpha value is -2.41. The minimum Gasteiger partial charge on any atom is -0.325 e. The Bertz CT molecular complexity index is 938. The fourth-order valence-corrected chi connectivity index (χ4v) is 3.77. The monoisotopic (exact) mass is 358 g/mol. The van der Waals surface area contributed by atoms with Gasteiger partial charge >= 0.3 is 0 Å². The van der Waals surface area contributed by atoms with Gasteiger partial charge in [0.15, 0.2) is 9.84 Å². The Morgan fingerprint density at radius 1 is 1.16 bits per heavy atom. The van der Waals surface area contributed by atoms with Crippen LogP contribution in [0.3, 0.4) is 0 Å². The molecule has 0 N–H and O–H groups in total. The molecule has 0 unspecified atom stereocenters. The molecule has 0 fully saturated rings. The van der Waals surface area contributed by atoms with Crippen LogP contribution in [0.2, 0.25) is 0 Å². The van der Waals surface area contributed by atoms with Gasteiger partial charge in [-0.25, -0.2) is 8.42 Å². The average molecular weight is 358 g/mol. The van der Waals surface area contributed by atoms with E-state index in [4.69, 9.17) is 0 Å². The Labute approximate surface area is 148 Å². The maximum Gasteiger partial charge on any atom is 0.180 e. The molecule has 0 aliphatic carbocycles.